The van der Waals surface area contributed by atoms with Gasteiger partial charge in [0.25, 0.3) is 0 Å². The number of amides is 1. The Labute approximate surface area is 88.3 Å². The first-order chi connectivity index (χ1) is 6.68. The normalized spacial score (nSPS) is 12.4. The van der Waals surface area contributed by atoms with Crippen molar-refractivity contribution in [1.29, 1.82) is 0 Å². The average molecular weight is 212 g/mol. The van der Waals surface area contributed by atoms with Gasteiger partial charge in [-0.25, -0.2) is 0 Å². The Morgan fingerprint density at radius 3 is 3.07 bits per heavy atom. The summed E-state index contributed by atoms with van der Waals surface area (Å²) in [4.78, 5) is 12.5. The van der Waals surface area contributed by atoms with Crippen LogP contribution in [0, 0.1) is 0 Å². The van der Waals surface area contributed by atoms with Gasteiger partial charge in [0.2, 0.25) is 5.91 Å². The van der Waals surface area contributed by atoms with Gasteiger partial charge in [0.05, 0.1) is 0 Å². The molecule has 0 aliphatic rings. The molecule has 0 spiro atoms. The third kappa shape index (κ3) is 4.39. The topological polar surface area (TPSA) is 55.1 Å². The summed E-state index contributed by atoms with van der Waals surface area (Å²) in [5.41, 5.74) is 5.50. The quantitative estimate of drug-likeness (QED) is 0.769. The van der Waals surface area contributed by atoms with Gasteiger partial charge in [-0.1, -0.05) is 6.07 Å². The molecular weight excluding hydrogens is 196 g/mol. The van der Waals surface area contributed by atoms with Crippen LogP contribution in [-0.2, 0) is 11.2 Å². The van der Waals surface area contributed by atoms with Crippen LogP contribution in [0.1, 0.15) is 18.2 Å². The Balaban J connectivity index is 2.12. The monoisotopic (exact) mass is 212 g/mol. The predicted molar refractivity (Wildman–Crippen MR) is 59.3 cm³/mol. The van der Waals surface area contributed by atoms with Gasteiger partial charge in [0.1, 0.15) is 0 Å². The minimum atomic E-state index is -0.0586. The van der Waals surface area contributed by atoms with E-state index in [2.05, 4.69) is 11.4 Å². The van der Waals surface area contributed by atoms with E-state index in [0.717, 1.165) is 6.42 Å². The smallest absolute Gasteiger partial charge is 0.221 e. The number of rotatable bonds is 5. The zero-order valence-electron chi connectivity index (χ0n) is 8.32. The van der Waals surface area contributed by atoms with Crippen LogP contribution in [-0.4, -0.2) is 18.5 Å². The number of carbonyl (C=O) groups excluding carboxylic acids is 1. The van der Waals surface area contributed by atoms with E-state index in [9.17, 15) is 4.79 Å². The van der Waals surface area contributed by atoms with E-state index in [-0.39, 0.29) is 11.9 Å². The lowest BCUT2D eigenvalue weighted by atomic mass is 10.2. The Kier molecular flexibility index (Phi) is 4.62. The van der Waals surface area contributed by atoms with E-state index in [4.69, 9.17) is 5.73 Å². The van der Waals surface area contributed by atoms with Crippen LogP contribution in [0.15, 0.2) is 17.5 Å². The molecule has 0 fully saturated rings. The van der Waals surface area contributed by atoms with Crippen molar-refractivity contribution in [2.45, 2.75) is 25.8 Å². The minimum Gasteiger partial charge on any atom is -0.356 e. The maximum absolute atomic E-state index is 11.2. The Morgan fingerprint density at radius 2 is 2.50 bits per heavy atom. The zero-order valence-corrected chi connectivity index (χ0v) is 9.14. The van der Waals surface area contributed by atoms with E-state index in [1.807, 2.05) is 18.4 Å². The van der Waals surface area contributed by atoms with Crippen molar-refractivity contribution in [2.75, 3.05) is 6.54 Å². The van der Waals surface area contributed by atoms with E-state index in [0.29, 0.717) is 13.0 Å². The van der Waals surface area contributed by atoms with Crippen LogP contribution in [0.4, 0.5) is 0 Å². The number of nitrogens with two attached hydrogens (primary N) is 1. The number of nitrogens with one attached hydrogen (secondary N) is 1. The molecule has 1 aromatic heterocycles. The third-order valence-electron chi connectivity index (χ3n) is 1.78. The largest absolute Gasteiger partial charge is 0.356 e. The van der Waals surface area contributed by atoms with Crippen molar-refractivity contribution in [3.05, 3.63) is 22.4 Å². The highest BCUT2D eigenvalue weighted by Crippen LogP contribution is 2.07. The lowest BCUT2D eigenvalue weighted by Gasteiger charge is -2.05. The lowest BCUT2D eigenvalue weighted by molar-refractivity contribution is -0.121. The van der Waals surface area contributed by atoms with Crippen molar-refractivity contribution >= 4 is 17.2 Å². The van der Waals surface area contributed by atoms with Gasteiger partial charge >= 0.3 is 0 Å². The second-order valence-corrected chi connectivity index (χ2v) is 4.39. The highest BCUT2D eigenvalue weighted by Gasteiger charge is 2.03. The summed E-state index contributed by atoms with van der Waals surface area (Å²) in [5.74, 6) is 0.0385. The summed E-state index contributed by atoms with van der Waals surface area (Å²) in [6, 6.07) is 4.03. The fourth-order valence-electron chi connectivity index (χ4n) is 1.14. The predicted octanol–water partition coefficient (Wildman–Crippen LogP) is 1.14. The molecule has 78 valence electrons. The molecule has 1 amide bonds. The molecule has 0 bridgehead atoms. The van der Waals surface area contributed by atoms with Gasteiger partial charge in [0, 0.05) is 23.9 Å². The molecule has 3 nitrogen and oxygen atoms in total. The third-order valence-corrected chi connectivity index (χ3v) is 2.72. The van der Waals surface area contributed by atoms with Crippen LogP contribution in [0.25, 0.3) is 0 Å². The highest BCUT2D eigenvalue weighted by molar-refractivity contribution is 7.09. The van der Waals surface area contributed by atoms with E-state index >= 15 is 0 Å². The molecule has 1 rings (SSSR count). The van der Waals surface area contributed by atoms with Crippen LogP contribution in [0.5, 0.6) is 0 Å². The molecular formula is C10H16N2OS. The number of thiophene rings is 1. The molecule has 0 saturated carbocycles. The second-order valence-electron chi connectivity index (χ2n) is 3.36. The fraction of sp³-hybridized carbons (Fsp3) is 0.500. The molecule has 0 saturated heterocycles. The van der Waals surface area contributed by atoms with Crippen molar-refractivity contribution in [3.8, 4) is 0 Å². The Morgan fingerprint density at radius 1 is 1.71 bits per heavy atom. The van der Waals surface area contributed by atoms with Gasteiger partial charge in [-0.05, 0) is 24.8 Å². The van der Waals surface area contributed by atoms with Crippen molar-refractivity contribution in [2.24, 2.45) is 5.73 Å². The Bertz CT molecular complexity index is 270. The summed E-state index contributed by atoms with van der Waals surface area (Å²) in [6.07, 6.45) is 1.31. The van der Waals surface area contributed by atoms with E-state index < -0.39 is 0 Å². The highest BCUT2D eigenvalue weighted by atomic mass is 32.1. The maximum Gasteiger partial charge on any atom is 0.221 e. The molecule has 0 aliphatic heterocycles. The minimum absolute atomic E-state index is 0.0385. The van der Waals surface area contributed by atoms with Crippen molar-refractivity contribution in [3.63, 3.8) is 0 Å². The summed E-state index contributed by atoms with van der Waals surface area (Å²) >= 11 is 1.71. The van der Waals surface area contributed by atoms with Crippen LogP contribution in [0.2, 0.25) is 0 Å². The van der Waals surface area contributed by atoms with Crippen LogP contribution < -0.4 is 11.1 Å². The van der Waals surface area contributed by atoms with Gasteiger partial charge in [-0.2, -0.15) is 0 Å². The molecule has 1 heterocycles. The lowest BCUT2D eigenvalue weighted by Crippen LogP contribution is -2.31. The zero-order chi connectivity index (χ0) is 10.4. The number of hydrogen-bond acceptors (Lipinski definition) is 3. The average Bonchev–Trinajstić information content (AvgIpc) is 2.55. The molecule has 1 aromatic rings. The molecule has 0 aliphatic carbocycles. The molecule has 0 radical (unpaired) electrons. The van der Waals surface area contributed by atoms with Gasteiger partial charge in [0.15, 0.2) is 0 Å². The summed E-state index contributed by atoms with van der Waals surface area (Å²) in [7, 11) is 0. The second kappa shape index (κ2) is 5.78. The molecule has 3 N–H and O–H groups in total. The van der Waals surface area contributed by atoms with Crippen molar-refractivity contribution in [1.82, 2.24) is 5.32 Å². The molecule has 14 heavy (non-hydrogen) atoms. The fourth-order valence-corrected chi connectivity index (χ4v) is 1.85. The molecule has 1 unspecified atom stereocenters. The van der Waals surface area contributed by atoms with E-state index in [1.54, 1.807) is 11.3 Å². The summed E-state index contributed by atoms with van der Waals surface area (Å²) in [6.45, 7) is 2.53. The Hall–Kier alpha value is -0.870. The van der Waals surface area contributed by atoms with Crippen LogP contribution in [0.3, 0.4) is 0 Å². The SMILES string of the molecule is CC(N)CC(=O)NCCc1cccs1. The molecule has 4 heteroatoms. The standard InChI is InChI=1S/C10H16N2OS/c1-8(11)7-10(13)12-5-4-9-3-2-6-14-9/h2-3,6,8H,4-5,7,11H2,1H3,(H,12,13). The summed E-state index contributed by atoms with van der Waals surface area (Å²) < 4.78 is 0. The van der Waals surface area contributed by atoms with Crippen molar-refractivity contribution < 1.29 is 4.79 Å². The summed E-state index contributed by atoms with van der Waals surface area (Å²) in [5, 5.41) is 4.88. The molecule has 0 aromatic carbocycles. The number of carbonyl (C=O) groups is 1. The maximum atomic E-state index is 11.2. The van der Waals surface area contributed by atoms with Gasteiger partial charge in [-0.3, -0.25) is 4.79 Å². The first-order valence-corrected chi connectivity index (χ1v) is 5.61. The first kappa shape index (κ1) is 11.2. The van der Waals surface area contributed by atoms with E-state index in [1.165, 1.54) is 4.88 Å². The molecule has 1 atom stereocenters. The van der Waals surface area contributed by atoms with Gasteiger partial charge < -0.3 is 11.1 Å². The number of hydrogen-bond donors (Lipinski definition) is 2. The first-order valence-electron chi connectivity index (χ1n) is 4.73. The van der Waals surface area contributed by atoms with Crippen LogP contribution >= 0.6 is 11.3 Å². The van der Waals surface area contributed by atoms with Gasteiger partial charge in [-0.15, -0.1) is 11.3 Å².